The average molecular weight is 435 g/mol. The first kappa shape index (κ1) is 21.8. The van der Waals surface area contributed by atoms with E-state index in [2.05, 4.69) is 5.32 Å². The highest BCUT2D eigenvalue weighted by molar-refractivity contribution is 5.92. The van der Waals surface area contributed by atoms with Crippen LogP contribution in [0, 0.1) is 5.82 Å². The number of rotatable bonds is 6. The van der Waals surface area contributed by atoms with Crippen LogP contribution >= 0.6 is 0 Å². The van der Waals surface area contributed by atoms with Crippen LogP contribution in [0.4, 0.5) is 4.39 Å². The number of hydrogen-bond acceptors (Lipinski definition) is 3. The number of amides is 2. The Kier molecular flexibility index (Phi) is 6.69. The molecule has 1 aromatic heterocycles. The van der Waals surface area contributed by atoms with Crippen molar-refractivity contribution in [1.82, 2.24) is 10.2 Å². The van der Waals surface area contributed by atoms with Gasteiger partial charge in [-0.2, -0.15) is 0 Å². The third kappa shape index (κ3) is 4.90. The number of piperidine rings is 1. The Bertz CT molecular complexity index is 1050. The number of likely N-dealkylation sites (tertiary alicyclic amines) is 1. The summed E-state index contributed by atoms with van der Waals surface area (Å²) in [5, 5.41) is 3.01. The van der Waals surface area contributed by atoms with E-state index in [9.17, 15) is 14.0 Å². The fourth-order valence-electron chi connectivity index (χ4n) is 4.19. The molecular weight excluding hydrogens is 407 g/mol. The van der Waals surface area contributed by atoms with Crippen LogP contribution in [0.5, 0.6) is 0 Å². The van der Waals surface area contributed by atoms with E-state index in [1.54, 1.807) is 24.3 Å². The second kappa shape index (κ2) is 9.81. The molecule has 3 aromatic rings. The van der Waals surface area contributed by atoms with Crippen molar-refractivity contribution in [1.29, 1.82) is 0 Å². The lowest BCUT2D eigenvalue weighted by atomic mass is 9.93. The molecule has 1 unspecified atom stereocenters. The zero-order valence-corrected chi connectivity index (χ0v) is 18.1. The lowest BCUT2D eigenvalue weighted by molar-refractivity contribution is -0.134. The van der Waals surface area contributed by atoms with Crippen LogP contribution < -0.4 is 5.32 Å². The molecule has 6 heteroatoms. The van der Waals surface area contributed by atoms with Crippen LogP contribution in [0.3, 0.4) is 0 Å². The minimum atomic E-state index is -0.322. The second-order valence-corrected chi connectivity index (χ2v) is 8.12. The van der Waals surface area contributed by atoms with E-state index < -0.39 is 0 Å². The number of carbonyl (C=O) groups is 2. The normalized spacial score (nSPS) is 15.4. The molecule has 32 heavy (non-hydrogen) atoms. The van der Waals surface area contributed by atoms with Crippen molar-refractivity contribution in [2.45, 2.75) is 38.1 Å². The van der Waals surface area contributed by atoms with Crippen LogP contribution in [0.15, 0.2) is 71.1 Å². The Balaban J connectivity index is 1.31. The van der Waals surface area contributed by atoms with Crippen molar-refractivity contribution < 1.29 is 18.4 Å². The van der Waals surface area contributed by atoms with Gasteiger partial charge in [0.15, 0.2) is 5.76 Å². The van der Waals surface area contributed by atoms with Gasteiger partial charge < -0.3 is 14.6 Å². The van der Waals surface area contributed by atoms with E-state index in [0.29, 0.717) is 37.3 Å². The van der Waals surface area contributed by atoms with Gasteiger partial charge in [0.25, 0.3) is 5.91 Å². The third-order valence-corrected chi connectivity index (χ3v) is 6.01. The van der Waals surface area contributed by atoms with Gasteiger partial charge >= 0.3 is 0 Å². The van der Waals surface area contributed by atoms with Crippen molar-refractivity contribution in [3.05, 3.63) is 83.9 Å². The molecule has 0 bridgehead atoms. The van der Waals surface area contributed by atoms with Gasteiger partial charge in [0.2, 0.25) is 5.91 Å². The van der Waals surface area contributed by atoms with Crippen molar-refractivity contribution in [2.75, 3.05) is 13.1 Å². The fourth-order valence-corrected chi connectivity index (χ4v) is 4.19. The zero-order chi connectivity index (χ0) is 22.5. The topological polar surface area (TPSA) is 62.6 Å². The van der Waals surface area contributed by atoms with Crippen molar-refractivity contribution in [3.63, 3.8) is 0 Å². The first-order valence-electron chi connectivity index (χ1n) is 11.1. The molecule has 1 N–H and O–H groups in total. The molecule has 1 saturated heterocycles. The van der Waals surface area contributed by atoms with Gasteiger partial charge in [-0.1, -0.05) is 37.3 Å². The summed E-state index contributed by atoms with van der Waals surface area (Å²) in [6.45, 7) is 3.27. The minimum Gasteiger partial charge on any atom is -0.451 e. The maximum absolute atomic E-state index is 13.1. The van der Waals surface area contributed by atoms with Gasteiger partial charge in [0.1, 0.15) is 11.6 Å². The molecule has 0 aliphatic carbocycles. The van der Waals surface area contributed by atoms with Crippen LogP contribution in [0.1, 0.15) is 48.2 Å². The summed E-state index contributed by atoms with van der Waals surface area (Å²) < 4.78 is 18.8. The van der Waals surface area contributed by atoms with Crippen molar-refractivity contribution in [3.8, 4) is 11.3 Å². The van der Waals surface area contributed by atoms with E-state index in [1.165, 1.54) is 12.1 Å². The molecule has 2 amide bonds. The highest BCUT2D eigenvalue weighted by atomic mass is 19.1. The Morgan fingerprint density at radius 2 is 1.72 bits per heavy atom. The lowest BCUT2D eigenvalue weighted by Gasteiger charge is -2.34. The smallest absolute Gasteiger partial charge is 0.287 e. The molecule has 5 nitrogen and oxygen atoms in total. The van der Waals surface area contributed by atoms with E-state index in [1.807, 2.05) is 42.2 Å². The maximum atomic E-state index is 13.1. The Morgan fingerprint density at radius 1 is 1.03 bits per heavy atom. The number of furan rings is 1. The zero-order valence-electron chi connectivity index (χ0n) is 18.1. The Hall–Kier alpha value is -3.41. The van der Waals surface area contributed by atoms with Gasteiger partial charge in [0.05, 0.1) is 5.92 Å². The summed E-state index contributed by atoms with van der Waals surface area (Å²) in [5.41, 5.74) is 1.76. The fraction of sp³-hybridized carbons (Fsp3) is 0.308. The summed E-state index contributed by atoms with van der Waals surface area (Å²) in [6.07, 6.45) is 2.16. The number of hydrogen-bond donors (Lipinski definition) is 1. The first-order chi connectivity index (χ1) is 15.5. The molecule has 1 aliphatic rings. The number of nitrogens with one attached hydrogen (secondary N) is 1. The van der Waals surface area contributed by atoms with Crippen LogP contribution in [-0.4, -0.2) is 35.8 Å². The lowest BCUT2D eigenvalue weighted by Crippen LogP contribution is -2.47. The number of halogens is 1. The Morgan fingerprint density at radius 3 is 2.38 bits per heavy atom. The predicted molar refractivity (Wildman–Crippen MR) is 121 cm³/mol. The molecule has 1 aliphatic heterocycles. The molecule has 2 aromatic carbocycles. The monoisotopic (exact) mass is 434 g/mol. The highest BCUT2D eigenvalue weighted by Gasteiger charge is 2.29. The van der Waals surface area contributed by atoms with Crippen molar-refractivity contribution in [2.24, 2.45) is 0 Å². The molecule has 0 saturated carbocycles. The van der Waals surface area contributed by atoms with Gasteiger partial charge in [-0.05, 0) is 61.2 Å². The van der Waals surface area contributed by atoms with Gasteiger partial charge in [-0.25, -0.2) is 4.39 Å². The largest absolute Gasteiger partial charge is 0.451 e. The van der Waals surface area contributed by atoms with E-state index in [0.717, 1.165) is 12.0 Å². The predicted octanol–water partition coefficient (Wildman–Crippen LogP) is 5.00. The standard InChI is InChI=1S/C26H27FN2O3/c1-2-22(18-6-4-3-5-7-18)26(31)29-16-14-21(15-17-29)28-25(30)24-13-12-23(32-24)19-8-10-20(27)11-9-19/h3-13,21-22H,2,14-17H2,1H3,(H,28,30). The van der Waals surface area contributed by atoms with Crippen molar-refractivity contribution >= 4 is 11.8 Å². The summed E-state index contributed by atoms with van der Waals surface area (Å²) in [7, 11) is 0. The van der Waals surface area contributed by atoms with Gasteiger partial charge in [0, 0.05) is 24.7 Å². The molecule has 4 rings (SSSR count). The van der Waals surface area contributed by atoms with Crippen LogP contribution in [0.25, 0.3) is 11.3 Å². The molecule has 2 heterocycles. The summed E-state index contributed by atoms with van der Waals surface area (Å²) in [5.74, 6) is 0.157. The summed E-state index contributed by atoms with van der Waals surface area (Å²) in [4.78, 5) is 27.6. The highest BCUT2D eigenvalue weighted by Crippen LogP contribution is 2.25. The average Bonchev–Trinajstić information content (AvgIpc) is 3.32. The molecule has 1 fully saturated rings. The molecular formula is C26H27FN2O3. The van der Waals surface area contributed by atoms with Gasteiger partial charge in [-0.15, -0.1) is 0 Å². The molecule has 0 radical (unpaired) electrons. The summed E-state index contributed by atoms with van der Waals surface area (Å²) >= 11 is 0. The second-order valence-electron chi connectivity index (χ2n) is 8.12. The molecule has 166 valence electrons. The van der Waals surface area contributed by atoms with E-state index in [-0.39, 0.29) is 35.4 Å². The summed E-state index contributed by atoms with van der Waals surface area (Å²) in [6, 6.07) is 19.1. The maximum Gasteiger partial charge on any atom is 0.287 e. The first-order valence-corrected chi connectivity index (χ1v) is 11.1. The van der Waals surface area contributed by atoms with E-state index >= 15 is 0 Å². The SMILES string of the molecule is CCC(C(=O)N1CCC(NC(=O)c2ccc(-c3ccc(F)cc3)o2)CC1)c1ccccc1. The van der Waals surface area contributed by atoms with Gasteiger partial charge in [-0.3, -0.25) is 9.59 Å². The number of nitrogens with zero attached hydrogens (tertiary/aromatic N) is 1. The van der Waals surface area contributed by atoms with Crippen LogP contribution in [-0.2, 0) is 4.79 Å². The number of benzene rings is 2. The Labute approximate surface area is 187 Å². The van der Waals surface area contributed by atoms with E-state index in [4.69, 9.17) is 4.42 Å². The molecule has 1 atom stereocenters. The number of carbonyl (C=O) groups excluding carboxylic acids is 2. The molecule has 0 spiro atoms. The third-order valence-electron chi connectivity index (χ3n) is 6.01. The quantitative estimate of drug-likeness (QED) is 0.594. The minimum absolute atomic E-state index is 0.0114. The van der Waals surface area contributed by atoms with Crippen LogP contribution in [0.2, 0.25) is 0 Å².